The number of ether oxygens (including phenoxy) is 1. The molecular weight excluding hydrogens is 385 g/mol. The summed E-state index contributed by atoms with van der Waals surface area (Å²) >= 11 is 3.25. The highest BCUT2D eigenvalue weighted by molar-refractivity contribution is 9.10. The fourth-order valence-corrected chi connectivity index (χ4v) is 2.43. The number of nitrogens with one attached hydrogen (secondary N) is 2. The van der Waals surface area contributed by atoms with Gasteiger partial charge in [0.05, 0.1) is 5.41 Å². The summed E-state index contributed by atoms with van der Waals surface area (Å²) in [6.07, 6.45) is 2.66. The van der Waals surface area contributed by atoms with Crippen LogP contribution in [0.25, 0.3) is 0 Å². The molecule has 0 aliphatic carbocycles. The van der Waals surface area contributed by atoms with Crippen LogP contribution in [-0.4, -0.2) is 30.6 Å². The molecule has 1 aromatic rings. The number of aromatic nitrogens is 1. The molecule has 2 heterocycles. The fraction of sp³-hybridized carbons (Fsp3) is 0.500. The Morgan fingerprint density at radius 1 is 1.43 bits per heavy atom. The van der Waals surface area contributed by atoms with Gasteiger partial charge < -0.3 is 20.8 Å². The quantitative estimate of drug-likeness (QED) is 0.716. The second kappa shape index (κ2) is 8.75. The van der Waals surface area contributed by atoms with Crippen LogP contribution < -0.4 is 16.6 Å². The highest BCUT2D eigenvalue weighted by Gasteiger charge is 2.39. The first-order valence-electron chi connectivity index (χ1n) is 6.05. The molecule has 0 spiro atoms. The minimum atomic E-state index is -0.646. The van der Waals surface area contributed by atoms with E-state index in [1.165, 1.54) is 6.20 Å². The van der Waals surface area contributed by atoms with Crippen LogP contribution in [0.3, 0.4) is 0 Å². The Hall–Kier alpha value is -0.600. The zero-order chi connectivity index (χ0) is 13.9. The summed E-state index contributed by atoms with van der Waals surface area (Å²) in [6, 6.07) is 1.57. The van der Waals surface area contributed by atoms with E-state index < -0.39 is 5.41 Å². The van der Waals surface area contributed by atoms with Crippen LogP contribution in [0.1, 0.15) is 12.8 Å². The van der Waals surface area contributed by atoms with Gasteiger partial charge in [0, 0.05) is 30.4 Å². The zero-order valence-corrected chi connectivity index (χ0v) is 14.4. The van der Waals surface area contributed by atoms with E-state index >= 15 is 0 Å². The van der Waals surface area contributed by atoms with Crippen LogP contribution >= 0.6 is 40.7 Å². The summed E-state index contributed by atoms with van der Waals surface area (Å²) in [4.78, 5) is 26.5. The maximum absolute atomic E-state index is 12.4. The number of amides is 1. The number of halogens is 3. The van der Waals surface area contributed by atoms with Crippen molar-refractivity contribution in [2.24, 2.45) is 11.1 Å². The minimum absolute atomic E-state index is 0. The number of hydrogen-bond acceptors (Lipinski definition) is 4. The predicted molar refractivity (Wildman–Crippen MR) is 89.4 cm³/mol. The first kappa shape index (κ1) is 20.4. The van der Waals surface area contributed by atoms with E-state index in [-0.39, 0.29) is 48.5 Å². The first-order chi connectivity index (χ1) is 9.07. The van der Waals surface area contributed by atoms with E-state index in [2.05, 4.69) is 26.2 Å². The standard InChI is InChI=1S/C12H16BrN3O3.2ClH/c13-8-5-9(10(17)15-6-8)16-11(18)12(7-14)1-3-19-4-2-12;;/h5-6H,1-4,7,14H2,(H,15,17)(H,16,18);2*1H. The first-order valence-corrected chi connectivity index (χ1v) is 6.84. The maximum Gasteiger partial charge on any atom is 0.271 e. The van der Waals surface area contributed by atoms with Crippen molar-refractivity contribution >= 4 is 52.3 Å². The topological polar surface area (TPSA) is 97.2 Å². The average Bonchev–Trinajstić information content (AvgIpc) is 2.43. The number of rotatable bonds is 3. The highest BCUT2D eigenvalue weighted by Crippen LogP contribution is 2.30. The predicted octanol–water partition coefficient (Wildman–Crippen LogP) is 1.68. The average molecular weight is 403 g/mol. The highest BCUT2D eigenvalue weighted by atomic mass is 79.9. The monoisotopic (exact) mass is 401 g/mol. The van der Waals surface area contributed by atoms with E-state index in [4.69, 9.17) is 10.5 Å². The van der Waals surface area contributed by atoms with Crippen molar-refractivity contribution in [3.05, 3.63) is 27.1 Å². The van der Waals surface area contributed by atoms with Crippen molar-refractivity contribution in [1.29, 1.82) is 0 Å². The van der Waals surface area contributed by atoms with Crippen molar-refractivity contribution in [3.63, 3.8) is 0 Å². The molecule has 4 N–H and O–H groups in total. The molecule has 120 valence electrons. The van der Waals surface area contributed by atoms with Crippen molar-refractivity contribution in [1.82, 2.24) is 4.98 Å². The van der Waals surface area contributed by atoms with E-state index in [9.17, 15) is 9.59 Å². The van der Waals surface area contributed by atoms with Gasteiger partial charge in [0.15, 0.2) is 0 Å². The molecule has 0 atom stereocenters. The Bertz CT molecular complexity index is 533. The third-order valence-corrected chi connectivity index (χ3v) is 3.90. The normalized spacial score (nSPS) is 16.3. The lowest BCUT2D eigenvalue weighted by Gasteiger charge is -2.34. The number of hydrogen-bond donors (Lipinski definition) is 3. The lowest BCUT2D eigenvalue weighted by atomic mass is 9.79. The molecule has 2 rings (SSSR count). The Morgan fingerprint density at radius 3 is 2.62 bits per heavy atom. The molecule has 0 aromatic carbocycles. The molecule has 9 heteroatoms. The molecule has 0 radical (unpaired) electrons. The molecule has 1 saturated heterocycles. The number of nitrogens with two attached hydrogens (primary N) is 1. The second-order valence-electron chi connectivity index (χ2n) is 4.61. The van der Waals surface area contributed by atoms with Crippen LogP contribution in [0.15, 0.2) is 21.5 Å². The van der Waals surface area contributed by atoms with Gasteiger partial charge in [0.1, 0.15) is 5.69 Å². The summed E-state index contributed by atoms with van der Waals surface area (Å²) in [5, 5.41) is 2.66. The van der Waals surface area contributed by atoms with Crippen molar-refractivity contribution < 1.29 is 9.53 Å². The lowest BCUT2D eigenvalue weighted by Crippen LogP contribution is -2.46. The Balaban J connectivity index is 0.00000200. The van der Waals surface area contributed by atoms with Crippen LogP contribution in [0.4, 0.5) is 5.69 Å². The molecular formula is C12H18BrCl2N3O3. The minimum Gasteiger partial charge on any atom is -0.381 e. The number of carbonyl (C=O) groups excluding carboxylic acids is 1. The van der Waals surface area contributed by atoms with Crippen LogP contribution in [0.2, 0.25) is 0 Å². The lowest BCUT2D eigenvalue weighted by molar-refractivity contribution is -0.130. The van der Waals surface area contributed by atoms with Crippen molar-refractivity contribution in [2.75, 3.05) is 25.1 Å². The Kier molecular flexibility index (Phi) is 8.50. The fourth-order valence-electron chi connectivity index (χ4n) is 2.09. The number of anilines is 1. The van der Waals surface area contributed by atoms with Crippen molar-refractivity contribution in [3.8, 4) is 0 Å². The molecule has 21 heavy (non-hydrogen) atoms. The smallest absolute Gasteiger partial charge is 0.271 e. The zero-order valence-electron chi connectivity index (χ0n) is 11.2. The van der Waals surface area contributed by atoms with Gasteiger partial charge >= 0.3 is 0 Å². The van der Waals surface area contributed by atoms with Gasteiger partial charge in [0.2, 0.25) is 5.91 Å². The third-order valence-electron chi connectivity index (χ3n) is 3.44. The van der Waals surface area contributed by atoms with Crippen LogP contribution in [0, 0.1) is 5.41 Å². The third kappa shape index (κ3) is 4.69. The summed E-state index contributed by atoms with van der Waals surface area (Å²) in [5.41, 5.74) is 4.99. The number of carbonyl (C=O) groups is 1. The number of H-pyrrole nitrogens is 1. The van der Waals surface area contributed by atoms with Crippen LogP contribution in [0.5, 0.6) is 0 Å². The molecule has 1 aliphatic rings. The van der Waals surface area contributed by atoms with Gasteiger partial charge in [-0.05, 0) is 34.8 Å². The van der Waals surface area contributed by atoms with Gasteiger partial charge in [-0.25, -0.2) is 0 Å². The van der Waals surface area contributed by atoms with E-state index in [1.807, 2.05) is 0 Å². The van der Waals surface area contributed by atoms with E-state index in [0.717, 1.165) is 0 Å². The molecule has 1 fully saturated rings. The van der Waals surface area contributed by atoms with Gasteiger partial charge in [-0.3, -0.25) is 9.59 Å². The number of aromatic amines is 1. The Labute approximate surface area is 143 Å². The molecule has 1 aliphatic heterocycles. The molecule has 0 saturated carbocycles. The van der Waals surface area contributed by atoms with E-state index in [0.29, 0.717) is 30.5 Å². The number of pyridine rings is 1. The van der Waals surface area contributed by atoms with Gasteiger partial charge in [-0.2, -0.15) is 0 Å². The van der Waals surface area contributed by atoms with E-state index in [1.54, 1.807) is 6.07 Å². The SMILES string of the molecule is Cl.Cl.NCC1(C(=O)Nc2cc(Br)c[nH]c2=O)CCOCC1. The van der Waals surface area contributed by atoms with Gasteiger partial charge in [-0.1, -0.05) is 0 Å². The molecule has 0 unspecified atom stereocenters. The van der Waals surface area contributed by atoms with Crippen LogP contribution in [-0.2, 0) is 9.53 Å². The molecule has 6 nitrogen and oxygen atoms in total. The summed E-state index contributed by atoms with van der Waals surface area (Å²) in [7, 11) is 0. The Morgan fingerprint density at radius 2 is 2.05 bits per heavy atom. The van der Waals surface area contributed by atoms with Gasteiger partial charge in [0.25, 0.3) is 5.56 Å². The summed E-state index contributed by atoms with van der Waals surface area (Å²) in [6.45, 7) is 1.27. The molecule has 0 bridgehead atoms. The second-order valence-corrected chi connectivity index (χ2v) is 5.53. The maximum atomic E-state index is 12.4. The van der Waals surface area contributed by atoms with Crippen molar-refractivity contribution in [2.45, 2.75) is 12.8 Å². The van der Waals surface area contributed by atoms with Gasteiger partial charge in [-0.15, -0.1) is 24.8 Å². The summed E-state index contributed by atoms with van der Waals surface area (Å²) in [5.74, 6) is -0.220. The molecule has 1 aromatic heterocycles. The largest absolute Gasteiger partial charge is 0.381 e. The summed E-state index contributed by atoms with van der Waals surface area (Å²) < 4.78 is 5.95. The molecule has 1 amide bonds.